The molecule has 0 radical (unpaired) electrons. The molecule has 0 saturated heterocycles. The first-order valence-corrected chi connectivity index (χ1v) is 9.83. The van der Waals surface area contributed by atoms with Gasteiger partial charge in [0.25, 0.3) is 0 Å². The maximum Gasteiger partial charge on any atom is 0.339 e. The van der Waals surface area contributed by atoms with Crippen molar-refractivity contribution in [1.29, 1.82) is 0 Å². The number of hydrogen-bond acceptors (Lipinski definition) is 8. The van der Waals surface area contributed by atoms with Crippen LogP contribution in [0.2, 0.25) is 0 Å². The number of benzene rings is 1. The first-order chi connectivity index (χ1) is 13.1. The van der Waals surface area contributed by atoms with Crippen LogP contribution in [0.3, 0.4) is 0 Å². The molecule has 27 heavy (non-hydrogen) atoms. The molecule has 8 nitrogen and oxygen atoms in total. The Labute approximate surface area is 168 Å². The summed E-state index contributed by atoms with van der Waals surface area (Å²) < 4.78 is 15.6. The quantitative estimate of drug-likeness (QED) is 0.389. The van der Waals surface area contributed by atoms with Crippen LogP contribution in [0.25, 0.3) is 20.8 Å². The van der Waals surface area contributed by atoms with Gasteiger partial charge in [0.2, 0.25) is 10.3 Å². The summed E-state index contributed by atoms with van der Waals surface area (Å²) >= 11 is 5.72. The molecule has 3 N–H and O–H groups in total. The van der Waals surface area contributed by atoms with E-state index < -0.39 is 11.8 Å². The topological polar surface area (TPSA) is 105 Å². The summed E-state index contributed by atoms with van der Waals surface area (Å²) in [5.41, 5.74) is 6.22. The number of pyridine rings is 1. The van der Waals surface area contributed by atoms with E-state index >= 15 is 0 Å². The lowest BCUT2D eigenvalue weighted by molar-refractivity contribution is 0.254. The maximum atomic E-state index is 13.9. The second-order valence-electron chi connectivity index (χ2n) is 5.10. The zero-order valence-electron chi connectivity index (χ0n) is 13.2. The zero-order valence-corrected chi connectivity index (χ0v) is 16.5. The SMILES string of the molecule is O=C(NNc1nc2cnccc2s1)Nc1nnc(-c2cc(Br)ccc2F)s1. The van der Waals surface area contributed by atoms with E-state index in [-0.39, 0.29) is 5.13 Å². The molecule has 0 aliphatic rings. The van der Waals surface area contributed by atoms with Crippen LogP contribution in [-0.4, -0.2) is 26.2 Å². The predicted molar refractivity (Wildman–Crippen MR) is 106 cm³/mol. The lowest BCUT2D eigenvalue weighted by Crippen LogP contribution is -2.33. The Morgan fingerprint density at radius 3 is 2.89 bits per heavy atom. The molecule has 0 atom stereocenters. The Balaban J connectivity index is 1.40. The van der Waals surface area contributed by atoms with Gasteiger partial charge < -0.3 is 0 Å². The highest BCUT2D eigenvalue weighted by Gasteiger charge is 2.13. The van der Waals surface area contributed by atoms with E-state index in [9.17, 15) is 9.18 Å². The lowest BCUT2D eigenvalue weighted by atomic mass is 10.2. The third-order valence-corrected chi connectivity index (χ3v) is 5.59. The average molecular weight is 466 g/mol. The minimum Gasteiger partial charge on any atom is -0.281 e. The molecule has 1 aromatic carbocycles. The molecular formula is C15H9BrFN7OS2. The highest BCUT2D eigenvalue weighted by molar-refractivity contribution is 9.10. The minimum absolute atomic E-state index is 0.233. The molecule has 4 rings (SSSR count). The van der Waals surface area contributed by atoms with Gasteiger partial charge in [0.15, 0.2) is 5.01 Å². The molecule has 0 spiro atoms. The smallest absolute Gasteiger partial charge is 0.281 e. The van der Waals surface area contributed by atoms with Crippen LogP contribution in [0.4, 0.5) is 19.4 Å². The molecule has 12 heteroatoms. The second-order valence-corrected chi connectivity index (χ2v) is 8.03. The van der Waals surface area contributed by atoms with Crippen molar-refractivity contribution < 1.29 is 9.18 Å². The van der Waals surface area contributed by atoms with E-state index in [1.165, 1.54) is 17.4 Å². The van der Waals surface area contributed by atoms with Crippen molar-refractivity contribution in [3.8, 4) is 10.6 Å². The van der Waals surface area contributed by atoms with Crippen LogP contribution < -0.4 is 16.2 Å². The molecule has 0 unspecified atom stereocenters. The van der Waals surface area contributed by atoms with Crippen molar-refractivity contribution >= 4 is 65.1 Å². The number of nitrogens with zero attached hydrogens (tertiary/aromatic N) is 4. The van der Waals surface area contributed by atoms with Crippen LogP contribution >= 0.6 is 38.6 Å². The number of carbonyl (C=O) groups is 1. The number of aromatic nitrogens is 4. The number of thiazole rings is 1. The van der Waals surface area contributed by atoms with Gasteiger partial charge in [-0.05, 0) is 24.3 Å². The molecule has 2 amide bonds. The Morgan fingerprint density at radius 2 is 2.04 bits per heavy atom. The van der Waals surface area contributed by atoms with Crippen LogP contribution in [0.5, 0.6) is 0 Å². The molecule has 0 aliphatic heterocycles. The number of hydrogen-bond donors (Lipinski definition) is 3. The van der Waals surface area contributed by atoms with Crippen molar-refractivity contribution in [3.63, 3.8) is 0 Å². The van der Waals surface area contributed by atoms with E-state index in [4.69, 9.17) is 0 Å². The van der Waals surface area contributed by atoms with Crippen molar-refractivity contribution in [3.05, 3.63) is 46.9 Å². The Morgan fingerprint density at radius 1 is 1.15 bits per heavy atom. The van der Waals surface area contributed by atoms with Crippen LogP contribution in [-0.2, 0) is 0 Å². The van der Waals surface area contributed by atoms with Gasteiger partial charge >= 0.3 is 6.03 Å². The van der Waals surface area contributed by atoms with Gasteiger partial charge in [-0.3, -0.25) is 15.7 Å². The predicted octanol–water partition coefficient (Wildman–Crippen LogP) is 4.26. The molecule has 3 aromatic heterocycles. The highest BCUT2D eigenvalue weighted by Crippen LogP contribution is 2.30. The normalized spacial score (nSPS) is 10.7. The zero-order chi connectivity index (χ0) is 18.8. The van der Waals surface area contributed by atoms with E-state index in [1.807, 2.05) is 6.07 Å². The first-order valence-electron chi connectivity index (χ1n) is 7.41. The van der Waals surface area contributed by atoms with Crippen LogP contribution in [0, 0.1) is 5.82 Å². The molecule has 0 aliphatic carbocycles. The van der Waals surface area contributed by atoms with Gasteiger partial charge in [-0.15, -0.1) is 10.2 Å². The molecular weight excluding hydrogens is 457 g/mol. The van der Waals surface area contributed by atoms with Gasteiger partial charge in [-0.2, -0.15) is 0 Å². The highest BCUT2D eigenvalue weighted by atomic mass is 79.9. The fraction of sp³-hybridized carbons (Fsp3) is 0. The number of anilines is 2. The van der Waals surface area contributed by atoms with E-state index in [0.29, 0.717) is 15.7 Å². The number of urea groups is 1. The molecule has 136 valence electrons. The van der Waals surface area contributed by atoms with Crippen molar-refractivity contribution in [2.45, 2.75) is 0 Å². The summed E-state index contributed by atoms with van der Waals surface area (Å²) in [6.45, 7) is 0. The van der Waals surface area contributed by atoms with E-state index in [2.05, 4.69) is 52.3 Å². The van der Waals surface area contributed by atoms with Crippen molar-refractivity contribution in [2.75, 3.05) is 10.7 Å². The molecule has 0 fully saturated rings. The van der Waals surface area contributed by atoms with E-state index in [1.54, 1.807) is 24.5 Å². The number of nitrogens with one attached hydrogen (secondary N) is 3. The van der Waals surface area contributed by atoms with Gasteiger partial charge in [0, 0.05) is 16.2 Å². The number of hydrazine groups is 1. The third-order valence-electron chi connectivity index (χ3n) is 3.28. The monoisotopic (exact) mass is 465 g/mol. The second kappa shape index (κ2) is 7.50. The fourth-order valence-electron chi connectivity index (χ4n) is 2.12. The first kappa shape index (κ1) is 17.7. The van der Waals surface area contributed by atoms with Gasteiger partial charge in [-0.1, -0.05) is 38.6 Å². The number of fused-ring (bicyclic) bond motifs is 1. The van der Waals surface area contributed by atoms with Gasteiger partial charge in [-0.25, -0.2) is 19.6 Å². The number of carbonyl (C=O) groups excluding carboxylic acids is 1. The Kier molecular flexibility index (Phi) is 4.92. The van der Waals surface area contributed by atoms with Crippen LogP contribution in [0.15, 0.2) is 41.1 Å². The summed E-state index contributed by atoms with van der Waals surface area (Å²) in [5.74, 6) is -0.419. The average Bonchev–Trinajstić information content (AvgIpc) is 3.28. The van der Waals surface area contributed by atoms with Crippen LogP contribution in [0.1, 0.15) is 0 Å². The standard InChI is InChI=1S/C15H9BrFN7OS2/c16-7-1-2-9(17)8(5-7)12-21-23-15(27-12)20-13(25)22-24-14-19-10-6-18-4-3-11(10)26-14/h1-6H,(H,19,24)(H2,20,22,23,25). The fourth-order valence-corrected chi connectivity index (χ4v) is 4.02. The van der Waals surface area contributed by atoms with Gasteiger partial charge in [0.1, 0.15) is 11.3 Å². The molecule has 3 heterocycles. The molecule has 0 bridgehead atoms. The Hall–Kier alpha value is -2.70. The summed E-state index contributed by atoms with van der Waals surface area (Å²) in [6, 6.07) is 5.81. The Bertz CT molecular complexity index is 1100. The van der Waals surface area contributed by atoms with E-state index in [0.717, 1.165) is 26.0 Å². The minimum atomic E-state index is -0.551. The number of halogens is 2. The number of rotatable bonds is 4. The summed E-state index contributed by atoms with van der Waals surface area (Å²) in [6.07, 6.45) is 3.31. The largest absolute Gasteiger partial charge is 0.339 e. The molecule has 4 aromatic rings. The molecule has 0 saturated carbocycles. The third kappa shape index (κ3) is 4.02. The summed E-state index contributed by atoms with van der Waals surface area (Å²) in [7, 11) is 0. The van der Waals surface area contributed by atoms with Crippen molar-refractivity contribution in [2.24, 2.45) is 0 Å². The summed E-state index contributed by atoms with van der Waals surface area (Å²) in [4.78, 5) is 20.3. The van der Waals surface area contributed by atoms with Crippen molar-refractivity contribution in [1.82, 2.24) is 25.6 Å². The lowest BCUT2D eigenvalue weighted by Gasteiger charge is -2.04. The van der Waals surface area contributed by atoms with Gasteiger partial charge in [0.05, 0.1) is 10.9 Å². The number of amides is 2. The maximum absolute atomic E-state index is 13.9. The summed E-state index contributed by atoms with van der Waals surface area (Å²) in [5, 5.41) is 11.4.